The molecule has 1 aromatic heterocycles. The van der Waals surface area contributed by atoms with Crippen LogP contribution in [0.1, 0.15) is 40.4 Å². The Labute approximate surface area is 104 Å². The van der Waals surface area contributed by atoms with Crippen LogP contribution in [0.15, 0.2) is 6.07 Å². The molecule has 4 nitrogen and oxygen atoms in total. The predicted octanol–water partition coefficient (Wildman–Crippen LogP) is 2.85. The Morgan fingerprint density at radius 2 is 1.94 bits per heavy atom. The van der Waals surface area contributed by atoms with Crippen LogP contribution < -0.4 is 10.1 Å². The summed E-state index contributed by atoms with van der Waals surface area (Å²) in [5.74, 6) is 2.72. The van der Waals surface area contributed by atoms with Crippen LogP contribution >= 0.6 is 0 Å². The Morgan fingerprint density at radius 3 is 2.41 bits per heavy atom. The number of ether oxygens (including phenoxy) is 1. The van der Waals surface area contributed by atoms with Gasteiger partial charge in [0.2, 0.25) is 5.88 Å². The van der Waals surface area contributed by atoms with Gasteiger partial charge in [-0.15, -0.1) is 0 Å². The highest BCUT2D eigenvalue weighted by Crippen LogP contribution is 2.23. The Hall–Kier alpha value is -1.32. The number of aromatic nitrogens is 2. The lowest BCUT2D eigenvalue weighted by atomic mass is 9.96. The zero-order valence-corrected chi connectivity index (χ0v) is 11.7. The Balaban J connectivity index is 2.97. The maximum Gasteiger partial charge on any atom is 0.218 e. The van der Waals surface area contributed by atoms with E-state index in [-0.39, 0.29) is 5.41 Å². The highest BCUT2D eigenvalue weighted by atomic mass is 16.5. The molecule has 1 aromatic rings. The van der Waals surface area contributed by atoms with E-state index >= 15 is 0 Å². The minimum absolute atomic E-state index is 0.0806. The third kappa shape index (κ3) is 4.21. The van der Waals surface area contributed by atoms with Gasteiger partial charge in [0.15, 0.2) is 0 Å². The van der Waals surface area contributed by atoms with Gasteiger partial charge >= 0.3 is 0 Å². The van der Waals surface area contributed by atoms with Crippen LogP contribution in [0.5, 0.6) is 5.88 Å². The van der Waals surface area contributed by atoms with E-state index in [0.717, 1.165) is 11.6 Å². The van der Waals surface area contributed by atoms with Crippen molar-refractivity contribution >= 4 is 5.82 Å². The zero-order chi connectivity index (χ0) is 13.1. The monoisotopic (exact) mass is 237 g/mol. The van der Waals surface area contributed by atoms with Crippen LogP contribution in [0.4, 0.5) is 5.82 Å². The van der Waals surface area contributed by atoms with Crippen molar-refractivity contribution in [3.8, 4) is 5.88 Å². The average molecular weight is 237 g/mol. The molecule has 0 amide bonds. The van der Waals surface area contributed by atoms with Gasteiger partial charge in [-0.3, -0.25) is 0 Å². The summed E-state index contributed by atoms with van der Waals surface area (Å²) < 4.78 is 5.65. The molecule has 0 fully saturated rings. The third-order valence-electron chi connectivity index (χ3n) is 2.19. The molecule has 17 heavy (non-hydrogen) atoms. The zero-order valence-electron chi connectivity index (χ0n) is 11.7. The molecule has 4 heteroatoms. The van der Waals surface area contributed by atoms with Gasteiger partial charge < -0.3 is 10.1 Å². The summed E-state index contributed by atoms with van der Waals surface area (Å²) in [6, 6.07) is 1.83. The average Bonchev–Trinajstić information content (AvgIpc) is 2.24. The van der Waals surface area contributed by atoms with Gasteiger partial charge in [-0.2, -0.15) is 4.98 Å². The lowest BCUT2D eigenvalue weighted by molar-refractivity contribution is 0.259. The SMILES string of the molecule is CNc1cc(OCC(C)C)nc(C(C)(C)C)n1. The van der Waals surface area contributed by atoms with Crippen molar-refractivity contribution in [2.45, 2.75) is 40.0 Å². The van der Waals surface area contributed by atoms with E-state index in [1.165, 1.54) is 0 Å². The second-order valence-electron chi connectivity index (χ2n) is 5.62. The smallest absolute Gasteiger partial charge is 0.218 e. The molecule has 0 saturated carbocycles. The second kappa shape index (κ2) is 5.34. The summed E-state index contributed by atoms with van der Waals surface area (Å²) in [4.78, 5) is 8.90. The van der Waals surface area contributed by atoms with E-state index in [0.29, 0.717) is 18.4 Å². The Kier molecular flexibility index (Phi) is 4.32. The first-order chi connectivity index (χ1) is 7.82. The molecule has 0 aliphatic heterocycles. The molecule has 96 valence electrons. The summed E-state index contributed by atoms with van der Waals surface area (Å²) in [5, 5.41) is 3.04. The molecule has 0 spiro atoms. The molecule has 0 aliphatic rings. The molecule has 0 radical (unpaired) electrons. The van der Waals surface area contributed by atoms with Gasteiger partial charge in [-0.1, -0.05) is 34.6 Å². The Morgan fingerprint density at radius 1 is 1.29 bits per heavy atom. The van der Waals surface area contributed by atoms with Crippen molar-refractivity contribution in [2.24, 2.45) is 5.92 Å². The first kappa shape index (κ1) is 13.7. The minimum atomic E-state index is -0.0806. The molecule has 1 N–H and O–H groups in total. The highest BCUT2D eigenvalue weighted by molar-refractivity contribution is 5.38. The van der Waals surface area contributed by atoms with E-state index in [1.807, 2.05) is 13.1 Å². The van der Waals surface area contributed by atoms with E-state index in [9.17, 15) is 0 Å². The molecule has 0 saturated heterocycles. The quantitative estimate of drug-likeness (QED) is 0.874. The molecule has 1 rings (SSSR count). The largest absolute Gasteiger partial charge is 0.477 e. The van der Waals surface area contributed by atoms with Gasteiger partial charge in [-0.05, 0) is 5.92 Å². The molecule has 0 aromatic carbocycles. The second-order valence-corrected chi connectivity index (χ2v) is 5.62. The van der Waals surface area contributed by atoms with Crippen molar-refractivity contribution in [2.75, 3.05) is 19.0 Å². The van der Waals surface area contributed by atoms with E-state index in [2.05, 4.69) is 49.9 Å². The van der Waals surface area contributed by atoms with Crippen LogP contribution in [0.2, 0.25) is 0 Å². The third-order valence-corrected chi connectivity index (χ3v) is 2.19. The standard InChI is InChI=1S/C13H23N3O/c1-9(2)8-17-11-7-10(14-6)15-12(16-11)13(3,4)5/h7,9H,8H2,1-6H3,(H,14,15,16). The van der Waals surface area contributed by atoms with Gasteiger partial charge in [0.05, 0.1) is 6.61 Å². The maximum absolute atomic E-state index is 5.65. The number of nitrogens with one attached hydrogen (secondary N) is 1. The molecular weight excluding hydrogens is 214 g/mol. The van der Waals surface area contributed by atoms with Gasteiger partial charge in [0.25, 0.3) is 0 Å². The molecule has 0 unspecified atom stereocenters. The van der Waals surface area contributed by atoms with Crippen LogP contribution in [-0.4, -0.2) is 23.6 Å². The van der Waals surface area contributed by atoms with Crippen molar-refractivity contribution in [1.29, 1.82) is 0 Å². The summed E-state index contributed by atoms with van der Waals surface area (Å²) >= 11 is 0. The van der Waals surface area contributed by atoms with Gasteiger partial charge in [0.1, 0.15) is 11.6 Å². The molecule has 0 aliphatic carbocycles. The van der Waals surface area contributed by atoms with Gasteiger partial charge in [-0.25, -0.2) is 4.98 Å². The fourth-order valence-corrected chi connectivity index (χ4v) is 1.21. The number of rotatable bonds is 4. The first-order valence-corrected chi connectivity index (χ1v) is 6.03. The number of anilines is 1. The lowest BCUT2D eigenvalue weighted by Gasteiger charge is -2.18. The molecule has 0 atom stereocenters. The van der Waals surface area contributed by atoms with Crippen molar-refractivity contribution in [1.82, 2.24) is 9.97 Å². The normalized spacial score (nSPS) is 11.7. The van der Waals surface area contributed by atoms with E-state index in [1.54, 1.807) is 0 Å². The molecule has 1 heterocycles. The van der Waals surface area contributed by atoms with Crippen molar-refractivity contribution in [3.63, 3.8) is 0 Å². The summed E-state index contributed by atoms with van der Waals surface area (Å²) in [7, 11) is 1.85. The van der Waals surface area contributed by atoms with E-state index in [4.69, 9.17) is 4.74 Å². The number of nitrogens with zero attached hydrogens (tertiary/aromatic N) is 2. The molecule has 0 bridgehead atoms. The summed E-state index contributed by atoms with van der Waals surface area (Å²) in [6.45, 7) is 11.2. The summed E-state index contributed by atoms with van der Waals surface area (Å²) in [6.07, 6.45) is 0. The minimum Gasteiger partial charge on any atom is -0.477 e. The van der Waals surface area contributed by atoms with Crippen molar-refractivity contribution in [3.05, 3.63) is 11.9 Å². The Bertz CT molecular complexity index is 369. The predicted molar refractivity (Wildman–Crippen MR) is 70.6 cm³/mol. The highest BCUT2D eigenvalue weighted by Gasteiger charge is 2.19. The number of hydrogen-bond donors (Lipinski definition) is 1. The fourth-order valence-electron chi connectivity index (χ4n) is 1.21. The van der Waals surface area contributed by atoms with Crippen molar-refractivity contribution < 1.29 is 4.74 Å². The van der Waals surface area contributed by atoms with Crippen LogP contribution in [-0.2, 0) is 5.41 Å². The summed E-state index contributed by atoms with van der Waals surface area (Å²) in [5.41, 5.74) is -0.0806. The van der Waals surface area contributed by atoms with Crippen LogP contribution in [0, 0.1) is 5.92 Å². The first-order valence-electron chi connectivity index (χ1n) is 6.03. The van der Waals surface area contributed by atoms with Gasteiger partial charge in [0, 0.05) is 18.5 Å². The van der Waals surface area contributed by atoms with Crippen LogP contribution in [0.3, 0.4) is 0 Å². The maximum atomic E-state index is 5.65. The number of hydrogen-bond acceptors (Lipinski definition) is 4. The molecular formula is C13H23N3O. The lowest BCUT2D eigenvalue weighted by Crippen LogP contribution is -2.18. The van der Waals surface area contributed by atoms with Crippen LogP contribution in [0.25, 0.3) is 0 Å². The topological polar surface area (TPSA) is 47.0 Å². The van der Waals surface area contributed by atoms with E-state index < -0.39 is 0 Å². The fraction of sp³-hybridized carbons (Fsp3) is 0.692.